The van der Waals surface area contributed by atoms with Gasteiger partial charge in [0.15, 0.2) is 23.9 Å². The van der Waals surface area contributed by atoms with E-state index in [0.29, 0.717) is 23.6 Å². The molecule has 2 aromatic carbocycles. The van der Waals surface area contributed by atoms with E-state index in [0.717, 1.165) is 29.9 Å². The number of piperidine rings is 1. The van der Waals surface area contributed by atoms with Gasteiger partial charge in [0.25, 0.3) is 5.91 Å². The number of likely N-dealkylation sites (tertiary alicyclic amines) is 1. The first kappa shape index (κ1) is 20.3. The van der Waals surface area contributed by atoms with E-state index in [-0.39, 0.29) is 24.2 Å². The third kappa shape index (κ3) is 4.31. The van der Waals surface area contributed by atoms with Crippen molar-refractivity contribution < 1.29 is 19.1 Å². The second-order valence-corrected chi connectivity index (χ2v) is 8.47. The third-order valence-corrected chi connectivity index (χ3v) is 6.55. The van der Waals surface area contributed by atoms with Gasteiger partial charge >= 0.3 is 0 Å². The van der Waals surface area contributed by atoms with Gasteiger partial charge in [-0.05, 0) is 50.1 Å². The van der Waals surface area contributed by atoms with Crippen LogP contribution in [0.4, 0.5) is 0 Å². The van der Waals surface area contributed by atoms with Gasteiger partial charge in [0.2, 0.25) is 0 Å². The van der Waals surface area contributed by atoms with E-state index in [1.165, 1.54) is 18.7 Å². The average molecular weight is 425 g/mol. The number of carbonyl (C=O) groups excluding carboxylic acids is 2. The lowest BCUT2D eigenvalue weighted by Crippen LogP contribution is -2.41. The fourth-order valence-electron chi connectivity index (χ4n) is 3.71. The molecule has 0 N–H and O–H groups in total. The predicted octanol–water partition coefficient (Wildman–Crippen LogP) is 4.29. The summed E-state index contributed by atoms with van der Waals surface area (Å²) in [4.78, 5) is 31.0. The summed E-state index contributed by atoms with van der Waals surface area (Å²) >= 11 is 1.71. The van der Waals surface area contributed by atoms with Gasteiger partial charge in [0, 0.05) is 24.6 Å². The molecule has 1 aliphatic heterocycles. The van der Waals surface area contributed by atoms with Gasteiger partial charge in [-0.15, -0.1) is 11.3 Å². The van der Waals surface area contributed by atoms with Crippen LogP contribution >= 0.6 is 11.3 Å². The van der Waals surface area contributed by atoms with Crippen molar-refractivity contribution in [3.8, 4) is 11.5 Å². The van der Waals surface area contributed by atoms with Crippen LogP contribution in [0.5, 0.6) is 11.5 Å². The molecule has 7 heteroatoms. The maximum absolute atomic E-state index is 12.8. The van der Waals surface area contributed by atoms with Crippen LogP contribution in [0.2, 0.25) is 0 Å². The first-order valence-electron chi connectivity index (χ1n) is 10.00. The largest absolute Gasteiger partial charge is 0.493 e. The number of benzene rings is 2. The lowest BCUT2D eigenvalue weighted by Gasteiger charge is -2.31. The molecule has 1 amide bonds. The topological polar surface area (TPSA) is 68.7 Å². The van der Waals surface area contributed by atoms with Crippen molar-refractivity contribution in [2.24, 2.45) is 0 Å². The molecule has 2 heterocycles. The SMILES string of the molecule is COc1cc(C(C)=O)ccc1OCC(=O)N1CCC[C@@H](c2nc3ccccc3s2)C1. The van der Waals surface area contributed by atoms with Crippen molar-refractivity contribution >= 4 is 33.2 Å². The van der Waals surface area contributed by atoms with Gasteiger partial charge in [0.05, 0.1) is 22.3 Å². The second-order valence-electron chi connectivity index (χ2n) is 7.41. The summed E-state index contributed by atoms with van der Waals surface area (Å²) in [5.74, 6) is 1.05. The fraction of sp³-hybridized carbons (Fsp3) is 0.348. The molecule has 1 aromatic heterocycles. The number of nitrogens with zero attached hydrogens (tertiary/aromatic N) is 2. The van der Waals surface area contributed by atoms with Crippen LogP contribution in [0.15, 0.2) is 42.5 Å². The number of carbonyl (C=O) groups is 2. The van der Waals surface area contributed by atoms with Crippen LogP contribution in [0.3, 0.4) is 0 Å². The summed E-state index contributed by atoms with van der Waals surface area (Å²) in [7, 11) is 1.52. The number of thiazole rings is 1. The highest BCUT2D eigenvalue weighted by Gasteiger charge is 2.27. The highest BCUT2D eigenvalue weighted by Crippen LogP contribution is 2.33. The molecule has 1 fully saturated rings. The number of ether oxygens (including phenoxy) is 2. The number of Topliss-reactive ketones (excluding diaryl/α,β-unsaturated/α-hetero) is 1. The summed E-state index contributed by atoms with van der Waals surface area (Å²) in [5.41, 5.74) is 1.56. The quantitative estimate of drug-likeness (QED) is 0.552. The smallest absolute Gasteiger partial charge is 0.260 e. The second kappa shape index (κ2) is 8.83. The van der Waals surface area contributed by atoms with Crippen LogP contribution < -0.4 is 9.47 Å². The van der Waals surface area contributed by atoms with E-state index in [1.807, 2.05) is 23.1 Å². The molecular weight excluding hydrogens is 400 g/mol. The molecule has 1 aliphatic rings. The summed E-state index contributed by atoms with van der Waals surface area (Å²) in [5, 5.41) is 1.09. The summed E-state index contributed by atoms with van der Waals surface area (Å²) in [6.07, 6.45) is 1.98. The monoisotopic (exact) mass is 424 g/mol. The van der Waals surface area contributed by atoms with Gasteiger partial charge < -0.3 is 14.4 Å². The number of para-hydroxylation sites is 1. The van der Waals surface area contributed by atoms with Crippen molar-refractivity contribution in [3.63, 3.8) is 0 Å². The lowest BCUT2D eigenvalue weighted by atomic mass is 9.99. The summed E-state index contributed by atoms with van der Waals surface area (Å²) in [6, 6.07) is 13.1. The standard InChI is InChI=1S/C23H24N2O4S/c1-15(26)16-9-10-19(20(12-16)28-2)29-14-22(27)25-11-5-6-17(13-25)23-24-18-7-3-4-8-21(18)30-23/h3-4,7-10,12,17H,5-6,11,13-14H2,1-2H3/t17-/m1/s1. The highest BCUT2D eigenvalue weighted by atomic mass is 32.1. The molecule has 156 valence electrons. The van der Waals surface area contributed by atoms with Crippen LogP contribution in [-0.2, 0) is 4.79 Å². The van der Waals surface area contributed by atoms with Gasteiger partial charge in [-0.25, -0.2) is 4.98 Å². The normalized spacial score (nSPS) is 16.5. The Bertz CT molecular complexity index is 1050. The van der Waals surface area contributed by atoms with Gasteiger partial charge in [-0.2, -0.15) is 0 Å². The zero-order valence-corrected chi connectivity index (χ0v) is 17.9. The molecule has 4 rings (SSSR count). The molecule has 6 nitrogen and oxygen atoms in total. The lowest BCUT2D eigenvalue weighted by molar-refractivity contribution is -0.134. The summed E-state index contributed by atoms with van der Waals surface area (Å²) in [6.45, 7) is 2.81. The van der Waals surface area contributed by atoms with Crippen molar-refractivity contribution in [3.05, 3.63) is 53.0 Å². The van der Waals surface area contributed by atoms with Crippen molar-refractivity contribution in [1.29, 1.82) is 0 Å². The molecule has 30 heavy (non-hydrogen) atoms. The Hall–Kier alpha value is -2.93. The molecule has 0 aliphatic carbocycles. The zero-order chi connectivity index (χ0) is 21.1. The Labute approximate surface area is 179 Å². The minimum absolute atomic E-state index is 0.0508. The fourth-order valence-corrected chi connectivity index (χ4v) is 4.80. The van der Waals surface area contributed by atoms with E-state index < -0.39 is 0 Å². The van der Waals surface area contributed by atoms with Crippen molar-refractivity contribution in [1.82, 2.24) is 9.88 Å². The number of rotatable bonds is 6. The van der Waals surface area contributed by atoms with E-state index in [9.17, 15) is 9.59 Å². The number of fused-ring (bicyclic) bond motifs is 1. The number of ketones is 1. The minimum atomic E-state index is -0.0671. The Balaban J connectivity index is 1.40. The molecule has 0 radical (unpaired) electrons. The first-order chi connectivity index (χ1) is 14.5. The van der Waals surface area contributed by atoms with Gasteiger partial charge in [-0.1, -0.05) is 12.1 Å². The number of methoxy groups -OCH3 is 1. The van der Waals surface area contributed by atoms with Gasteiger partial charge in [-0.3, -0.25) is 9.59 Å². The maximum Gasteiger partial charge on any atom is 0.260 e. The number of hydrogen-bond donors (Lipinski definition) is 0. The highest BCUT2D eigenvalue weighted by molar-refractivity contribution is 7.18. The molecule has 0 spiro atoms. The van der Waals surface area contributed by atoms with E-state index in [4.69, 9.17) is 14.5 Å². The third-order valence-electron chi connectivity index (χ3n) is 5.36. The van der Waals surface area contributed by atoms with E-state index in [2.05, 4.69) is 6.07 Å². The number of hydrogen-bond acceptors (Lipinski definition) is 6. The number of aromatic nitrogens is 1. The zero-order valence-electron chi connectivity index (χ0n) is 17.1. The Kier molecular flexibility index (Phi) is 5.99. The number of amides is 1. The molecule has 0 bridgehead atoms. The molecule has 3 aromatic rings. The first-order valence-corrected chi connectivity index (χ1v) is 10.8. The predicted molar refractivity (Wildman–Crippen MR) is 117 cm³/mol. The summed E-state index contributed by atoms with van der Waals surface area (Å²) < 4.78 is 12.2. The maximum atomic E-state index is 12.8. The molecular formula is C23H24N2O4S. The van der Waals surface area contributed by atoms with Gasteiger partial charge in [0.1, 0.15) is 0 Å². The van der Waals surface area contributed by atoms with Crippen molar-refractivity contribution in [2.45, 2.75) is 25.7 Å². The van der Waals surface area contributed by atoms with E-state index >= 15 is 0 Å². The minimum Gasteiger partial charge on any atom is -0.493 e. The van der Waals surface area contributed by atoms with Crippen LogP contribution in [0.1, 0.15) is 41.0 Å². The molecule has 0 unspecified atom stereocenters. The average Bonchev–Trinajstić information content (AvgIpc) is 3.21. The Morgan fingerprint density at radius 2 is 2.03 bits per heavy atom. The van der Waals surface area contributed by atoms with Crippen LogP contribution in [-0.4, -0.2) is 48.4 Å². The van der Waals surface area contributed by atoms with Crippen LogP contribution in [0.25, 0.3) is 10.2 Å². The molecule has 1 saturated heterocycles. The van der Waals surface area contributed by atoms with Crippen molar-refractivity contribution in [2.75, 3.05) is 26.8 Å². The molecule has 1 atom stereocenters. The van der Waals surface area contributed by atoms with E-state index in [1.54, 1.807) is 29.5 Å². The Morgan fingerprint density at radius 1 is 1.20 bits per heavy atom. The Morgan fingerprint density at radius 3 is 2.80 bits per heavy atom. The van der Waals surface area contributed by atoms with Crippen LogP contribution in [0, 0.1) is 0 Å². The molecule has 0 saturated carbocycles.